The molecular formula is C19H14FN5. The second kappa shape index (κ2) is 6.60. The van der Waals surface area contributed by atoms with Gasteiger partial charge in [-0.15, -0.1) is 5.10 Å². The normalized spacial score (nSPS) is 10.8. The zero-order chi connectivity index (χ0) is 17.1. The first-order chi connectivity index (χ1) is 12.3. The molecule has 2 aromatic carbocycles. The summed E-state index contributed by atoms with van der Waals surface area (Å²) in [5, 5.41) is 8.15. The van der Waals surface area contributed by atoms with Crippen molar-refractivity contribution < 1.29 is 4.39 Å². The molecule has 2 aromatic heterocycles. The number of hydrogen-bond donors (Lipinski definition) is 0. The molecule has 0 radical (unpaired) electrons. The Hall–Kier alpha value is -3.41. The van der Waals surface area contributed by atoms with E-state index in [0.29, 0.717) is 17.8 Å². The molecular weight excluding hydrogens is 317 g/mol. The molecule has 0 fully saturated rings. The Labute approximate surface area is 143 Å². The lowest BCUT2D eigenvalue weighted by molar-refractivity contribution is 0.630. The number of aromatic nitrogens is 5. The summed E-state index contributed by atoms with van der Waals surface area (Å²) in [7, 11) is 0. The van der Waals surface area contributed by atoms with Gasteiger partial charge in [0.15, 0.2) is 0 Å². The molecule has 0 aliphatic carbocycles. The lowest BCUT2D eigenvalue weighted by atomic mass is 10.1. The molecule has 5 nitrogen and oxygen atoms in total. The zero-order valence-corrected chi connectivity index (χ0v) is 13.2. The van der Waals surface area contributed by atoms with Crippen LogP contribution >= 0.6 is 0 Å². The van der Waals surface area contributed by atoms with Crippen molar-refractivity contribution in [2.24, 2.45) is 0 Å². The van der Waals surface area contributed by atoms with Crippen molar-refractivity contribution in [2.75, 3.05) is 0 Å². The summed E-state index contributed by atoms with van der Waals surface area (Å²) in [6.07, 6.45) is 6.81. The summed E-state index contributed by atoms with van der Waals surface area (Å²) in [6, 6.07) is 14.6. The molecule has 0 aliphatic heterocycles. The molecule has 0 saturated carbocycles. The summed E-state index contributed by atoms with van der Waals surface area (Å²) in [4.78, 5) is 8.05. The predicted molar refractivity (Wildman–Crippen MR) is 92.0 cm³/mol. The van der Waals surface area contributed by atoms with Crippen molar-refractivity contribution >= 4 is 0 Å². The van der Waals surface area contributed by atoms with E-state index in [-0.39, 0.29) is 5.82 Å². The lowest BCUT2D eigenvalue weighted by Gasteiger charge is -2.04. The van der Waals surface area contributed by atoms with Gasteiger partial charge in [0.1, 0.15) is 17.8 Å². The highest BCUT2D eigenvalue weighted by molar-refractivity contribution is 5.61. The standard InChI is InChI=1S/C19H14FN5/c20-18-4-2-1-3-17(18)19-12-25(24-23-19)11-14-5-7-15(8-6-14)16-9-21-13-22-10-16/h1-10,12-13H,11H2. The first kappa shape index (κ1) is 15.1. The lowest BCUT2D eigenvalue weighted by Crippen LogP contribution is -2.00. The van der Waals surface area contributed by atoms with Crippen LogP contribution in [0.4, 0.5) is 4.39 Å². The maximum Gasteiger partial charge on any atom is 0.132 e. The molecule has 4 rings (SSSR count). The smallest absolute Gasteiger partial charge is 0.132 e. The van der Waals surface area contributed by atoms with E-state index in [1.165, 1.54) is 12.4 Å². The fraction of sp³-hybridized carbons (Fsp3) is 0.0526. The number of benzene rings is 2. The van der Waals surface area contributed by atoms with Crippen LogP contribution in [0.3, 0.4) is 0 Å². The Kier molecular flexibility index (Phi) is 4.00. The molecule has 0 aliphatic rings. The van der Waals surface area contributed by atoms with Crippen molar-refractivity contribution in [3.63, 3.8) is 0 Å². The average molecular weight is 331 g/mol. The van der Waals surface area contributed by atoms with E-state index in [9.17, 15) is 4.39 Å². The van der Waals surface area contributed by atoms with Gasteiger partial charge in [0.2, 0.25) is 0 Å². The minimum atomic E-state index is -0.302. The highest BCUT2D eigenvalue weighted by Gasteiger charge is 2.09. The van der Waals surface area contributed by atoms with Crippen LogP contribution in [0.25, 0.3) is 22.4 Å². The summed E-state index contributed by atoms with van der Waals surface area (Å²) < 4.78 is 15.5. The van der Waals surface area contributed by atoms with Crippen LogP contribution in [0.1, 0.15) is 5.56 Å². The molecule has 0 N–H and O–H groups in total. The average Bonchev–Trinajstić information content (AvgIpc) is 3.12. The molecule has 0 amide bonds. The number of nitrogens with zero attached hydrogens (tertiary/aromatic N) is 5. The van der Waals surface area contributed by atoms with E-state index in [1.54, 1.807) is 41.5 Å². The van der Waals surface area contributed by atoms with Crippen LogP contribution in [0.2, 0.25) is 0 Å². The van der Waals surface area contributed by atoms with Crippen LogP contribution < -0.4 is 0 Å². The van der Waals surface area contributed by atoms with Crippen LogP contribution in [0, 0.1) is 5.82 Å². The first-order valence-electron chi connectivity index (χ1n) is 7.79. The predicted octanol–water partition coefficient (Wildman–Crippen LogP) is 3.59. The Balaban J connectivity index is 1.52. The van der Waals surface area contributed by atoms with E-state index >= 15 is 0 Å². The third-order valence-corrected chi connectivity index (χ3v) is 3.88. The summed E-state index contributed by atoms with van der Waals surface area (Å²) in [6.45, 7) is 0.563. The van der Waals surface area contributed by atoms with Crippen molar-refractivity contribution in [3.8, 4) is 22.4 Å². The van der Waals surface area contributed by atoms with Crippen LogP contribution in [-0.2, 0) is 6.54 Å². The third-order valence-electron chi connectivity index (χ3n) is 3.88. The van der Waals surface area contributed by atoms with Crippen LogP contribution in [0.5, 0.6) is 0 Å². The highest BCUT2D eigenvalue weighted by Crippen LogP contribution is 2.21. The second-order valence-electron chi connectivity index (χ2n) is 5.61. The maximum atomic E-state index is 13.8. The van der Waals surface area contributed by atoms with Crippen molar-refractivity contribution in [1.82, 2.24) is 25.0 Å². The van der Waals surface area contributed by atoms with E-state index in [2.05, 4.69) is 20.3 Å². The minimum Gasteiger partial charge on any atom is -0.247 e. The topological polar surface area (TPSA) is 56.5 Å². The van der Waals surface area contributed by atoms with Gasteiger partial charge in [0.05, 0.1) is 12.7 Å². The fourth-order valence-electron chi connectivity index (χ4n) is 2.61. The van der Waals surface area contributed by atoms with E-state index in [1.807, 2.05) is 24.3 Å². The van der Waals surface area contributed by atoms with Crippen molar-refractivity contribution in [1.29, 1.82) is 0 Å². The number of halogens is 1. The van der Waals surface area contributed by atoms with E-state index in [0.717, 1.165) is 16.7 Å². The van der Waals surface area contributed by atoms with E-state index < -0.39 is 0 Å². The molecule has 2 heterocycles. The van der Waals surface area contributed by atoms with Gasteiger partial charge in [0.25, 0.3) is 0 Å². The van der Waals surface area contributed by atoms with Crippen molar-refractivity contribution in [3.05, 3.63) is 84.8 Å². The molecule has 122 valence electrons. The quantitative estimate of drug-likeness (QED) is 0.573. The van der Waals surface area contributed by atoms with Gasteiger partial charge in [-0.05, 0) is 23.3 Å². The Bertz CT molecular complexity index is 980. The maximum absolute atomic E-state index is 13.8. The number of rotatable bonds is 4. The monoisotopic (exact) mass is 331 g/mol. The fourth-order valence-corrected chi connectivity index (χ4v) is 2.61. The van der Waals surface area contributed by atoms with E-state index in [4.69, 9.17) is 0 Å². The molecule has 25 heavy (non-hydrogen) atoms. The van der Waals surface area contributed by atoms with Crippen LogP contribution in [-0.4, -0.2) is 25.0 Å². The molecule has 0 bridgehead atoms. The molecule has 0 saturated heterocycles. The van der Waals surface area contributed by atoms with Gasteiger partial charge >= 0.3 is 0 Å². The van der Waals surface area contributed by atoms with Gasteiger partial charge in [0, 0.05) is 23.5 Å². The summed E-state index contributed by atoms with van der Waals surface area (Å²) in [5.41, 5.74) is 4.07. The summed E-state index contributed by atoms with van der Waals surface area (Å²) in [5.74, 6) is -0.302. The largest absolute Gasteiger partial charge is 0.247 e. The van der Waals surface area contributed by atoms with Gasteiger partial charge < -0.3 is 0 Å². The third kappa shape index (κ3) is 3.28. The molecule has 4 aromatic rings. The second-order valence-corrected chi connectivity index (χ2v) is 5.61. The minimum absolute atomic E-state index is 0.302. The Morgan fingerprint density at radius 3 is 2.40 bits per heavy atom. The molecule has 6 heteroatoms. The molecule has 0 unspecified atom stereocenters. The van der Waals surface area contributed by atoms with Gasteiger partial charge in [-0.3, -0.25) is 0 Å². The molecule has 0 atom stereocenters. The van der Waals surface area contributed by atoms with Gasteiger partial charge in [-0.25, -0.2) is 19.0 Å². The zero-order valence-electron chi connectivity index (χ0n) is 13.2. The SMILES string of the molecule is Fc1ccccc1-c1cn(Cc2ccc(-c3cncnc3)cc2)nn1. The van der Waals surface area contributed by atoms with Crippen molar-refractivity contribution in [2.45, 2.75) is 6.54 Å². The Morgan fingerprint density at radius 1 is 0.880 bits per heavy atom. The van der Waals surface area contributed by atoms with Gasteiger partial charge in [-0.2, -0.15) is 0 Å². The molecule has 0 spiro atoms. The highest BCUT2D eigenvalue weighted by atomic mass is 19.1. The number of hydrogen-bond acceptors (Lipinski definition) is 4. The van der Waals surface area contributed by atoms with Crippen LogP contribution in [0.15, 0.2) is 73.4 Å². The Morgan fingerprint density at radius 2 is 1.64 bits per heavy atom. The summed E-state index contributed by atoms with van der Waals surface area (Å²) >= 11 is 0. The van der Waals surface area contributed by atoms with Gasteiger partial charge in [-0.1, -0.05) is 41.6 Å². The first-order valence-corrected chi connectivity index (χ1v) is 7.79.